The summed E-state index contributed by atoms with van der Waals surface area (Å²) >= 11 is 0. The van der Waals surface area contributed by atoms with Crippen molar-refractivity contribution in [1.29, 1.82) is 0 Å². The van der Waals surface area contributed by atoms with Crippen molar-refractivity contribution in [2.24, 2.45) is 0 Å². The SMILES string of the molecule is CCCCCCCCCCCCCCCCCCCCC(=O)O[C@H](COC(=O)CCCCCCCCCCCC)COC(=O)CCCCCCCCCCCCCCCC. The van der Waals surface area contributed by atoms with Gasteiger partial charge in [-0.15, -0.1) is 0 Å². The number of hydrogen-bond donors (Lipinski definition) is 0. The van der Waals surface area contributed by atoms with Gasteiger partial charge in [-0.1, -0.05) is 271 Å². The molecule has 1 atom stereocenters. The Hall–Kier alpha value is -1.59. The van der Waals surface area contributed by atoms with Crippen molar-refractivity contribution in [2.75, 3.05) is 13.2 Å². The predicted octanol–water partition coefficient (Wildman–Crippen LogP) is 17.6. The zero-order valence-electron chi connectivity index (χ0n) is 40.8. The van der Waals surface area contributed by atoms with Crippen molar-refractivity contribution in [2.45, 2.75) is 316 Å². The molecule has 0 saturated carbocycles. The molecule has 0 aromatic rings. The summed E-state index contributed by atoms with van der Waals surface area (Å²) in [6.45, 7) is 6.68. The first-order valence-corrected chi connectivity index (χ1v) is 27.0. The van der Waals surface area contributed by atoms with Crippen LogP contribution >= 0.6 is 0 Å². The van der Waals surface area contributed by atoms with Crippen molar-refractivity contribution in [1.82, 2.24) is 0 Å². The van der Waals surface area contributed by atoms with Crippen LogP contribution < -0.4 is 0 Å². The van der Waals surface area contributed by atoms with Crippen LogP contribution in [-0.2, 0) is 28.6 Å². The number of esters is 3. The minimum Gasteiger partial charge on any atom is -0.462 e. The minimum atomic E-state index is -0.759. The van der Waals surface area contributed by atoms with Crippen LogP contribution in [0.1, 0.15) is 310 Å². The second-order valence-corrected chi connectivity index (χ2v) is 18.5. The Morgan fingerprint density at radius 3 is 0.667 bits per heavy atom. The van der Waals surface area contributed by atoms with Crippen molar-refractivity contribution < 1.29 is 28.6 Å². The molecular weight excluding hydrogens is 745 g/mol. The summed E-state index contributed by atoms with van der Waals surface area (Å²) in [5.41, 5.74) is 0. The Bertz CT molecular complexity index is 889. The molecule has 6 heteroatoms. The van der Waals surface area contributed by atoms with Gasteiger partial charge in [0, 0.05) is 19.3 Å². The third-order valence-electron chi connectivity index (χ3n) is 12.4. The van der Waals surface area contributed by atoms with Crippen molar-refractivity contribution in [3.05, 3.63) is 0 Å². The second-order valence-electron chi connectivity index (χ2n) is 18.5. The van der Waals surface area contributed by atoms with Crippen LogP contribution in [0.15, 0.2) is 0 Å². The van der Waals surface area contributed by atoms with Gasteiger partial charge < -0.3 is 14.2 Å². The van der Waals surface area contributed by atoms with Crippen LogP contribution in [0.2, 0.25) is 0 Å². The van der Waals surface area contributed by atoms with Gasteiger partial charge in [0.2, 0.25) is 0 Å². The van der Waals surface area contributed by atoms with Gasteiger partial charge in [-0.25, -0.2) is 0 Å². The smallest absolute Gasteiger partial charge is 0.306 e. The highest BCUT2D eigenvalue weighted by Crippen LogP contribution is 2.17. The van der Waals surface area contributed by atoms with E-state index in [1.54, 1.807) is 0 Å². The summed E-state index contributed by atoms with van der Waals surface area (Å²) in [5, 5.41) is 0. The Morgan fingerprint density at radius 2 is 0.450 bits per heavy atom. The fourth-order valence-corrected chi connectivity index (χ4v) is 8.27. The fourth-order valence-electron chi connectivity index (χ4n) is 8.27. The molecule has 0 bridgehead atoms. The molecule has 0 radical (unpaired) electrons. The summed E-state index contributed by atoms with van der Waals surface area (Å²) in [6, 6.07) is 0. The molecule has 0 aliphatic carbocycles. The standard InChI is InChI=1S/C54H104O6/c1-4-7-10-13-16-19-22-24-26-27-28-29-31-33-36-39-42-45-48-54(57)60-51(49-58-52(55)46-43-40-37-34-21-18-15-12-9-6-3)50-59-53(56)47-44-41-38-35-32-30-25-23-20-17-14-11-8-5-2/h51H,4-50H2,1-3H3/t51-/m1/s1. The maximum atomic E-state index is 12.8. The highest BCUT2D eigenvalue weighted by molar-refractivity contribution is 5.71. The van der Waals surface area contributed by atoms with E-state index >= 15 is 0 Å². The van der Waals surface area contributed by atoms with E-state index < -0.39 is 6.10 Å². The summed E-state index contributed by atoms with van der Waals surface area (Å²) in [6.07, 6.45) is 53.7. The van der Waals surface area contributed by atoms with Gasteiger partial charge in [0.05, 0.1) is 0 Å². The molecule has 0 aromatic carbocycles. The van der Waals surface area contributed by atoms with Gasteiger partial charge in [-0.2, -0.15) is 0 Å². The Labute approximate surface area is 374 Å². The van der Waals surface area contributed by atoms with E-state index in [4.69, 9.17) is 14.2 Å². The largest absolute Gasteiger partial charge is 0.462 e. The van der Waals surface area contributed by atoms with E-state index in [-0.39, 0.29) is 31.1 Å². The van der Waals surface area contributed by atoms with Crippen LogP contribution in [0, 0.1) is 0 Å². The number of carbonyl (C=O) groups is 3. The van der Waals surface area contributed by atoms with Gasteiger partial charge in [-0.3, -0.25) is 14.4 Å². The molecule has 356 valence electrons. The fraction of sp³-hybridized carbons (Fsp3) is 0.944. The topological polar surface area (TPSA) is 78.9 Å². The maximum Gasteiger partial charge on any atom is 0.306 e. The van der Waals surface area contributed by atoms with Crippen molar-refractivity contribution in [3.63, 3.8) is 0 Å². The number of carbonyl (C=O) groups excluding carboxylic acids is 3. The lowest BCUT2D eigenvalue weighted by atomic mass is 10.0. The van der Waals surface area contributed by atoms with Crippen LogP contribution in [0.4, 0.5) is 0 Å². The van der Waals surface area contributed by atoms with Crippen LogP contribution in [0.5, 0.6) is 0 Å². The minimum absolute atomic E-state index is 0.0617. The van der Waals surface area contributed by atoms with E-state index in [0.717, 1.165) is 57.8 Å². The molecule has 0 saturated heterocycles. The van der Waals surface area contributed by atoms with Crippen LogP contribution in [-0.4, -0.2) is 37.2 Å². The highest BCUT2D eigenvalue weighted by atomic mass is 16.6. The molecule has 0 fully saturated rings. The number of ether oxygens (including phenoxy) is 3. The molecule has 0 aliphatic heterocycles. The number of rotatable bonds is 50. The van der Waals surface area contributed by atoms with E-state index in [9.17, 15) is 14.4 Å². The quantitative estimate of drug-likeness (QED) is 0.0345. The lowest BCUT2D eigenvalue weighted by molar-refractivity contribution is -0.167. The third kappa shape index (κ3) is 47.5. The van der Waals surface area contributed by atoms with Crippen molar-refractivity contribution in [3.8, 4) is 0 Å². The average Bonchev–Trinajstić information content (AvgIpc) is 3.24. The molecule has 0 rings (SSSR count). The van der Waals surface area contributed by atoms with Crippen LogP contribution in [0.3, 0.4) is 0 Å². The van der Waals surface area contributed by atoms with Gasteiger partial charge in [-0.05, 0) is 19.3 Å². The third-order valence-corrected chi connectivity index (χ3v) is 12.4. The Kier molecular flexibility index (Phi) is 48.7. The van der Waals surface area contributed by atoms with Crippen LogP contribution in [0.25, 0.3) is 0 Å². The molecular formula is C54H104O6. The molecule has 0 heterocycles. The molecule has 0 amide bonds. The molecule has 60 heavy (non-hydrogen) atoms. The highest BCUT2D eigenvalue weighted by Gasteiger charge is 2.19. The molecule has 0 aliphatic rings. The molecule has 0 unspecified atom stereocenters. The molecule has 0 N–H and O–H groups in total. The maximum absolute atomic E-state index is 12.8. The van der Waals surface area contributed by atoms with Gasteiger partial charge in [0.25, 0.3) is 0 Å². The van der Waals surface area contributed by atoms with E-state index in [2.05, 4.69) is 20.8 Å². The number of unbranched alkanes of at least 4 members (excludes halogenated alkanes) is 39. The monoisotopic (exact) mass is 849 g/mol. The van der Waals surface area contributed by atoms with Crippen molar-refractivity contribution >= 4 is 17.9 Å². The Balaban J connectivity index is 4.25. The first kappa shape index (κ1) is 58.4. The summed E-state index contributed by atoms with van der Waals surface area (Å²) in [5.74, 6) is -0.840. The molecule has 6 nitrogen and oxygen atoms in total. The first-order valence-electron chi connectivity index (χ1n) is 27.0. The lowest BCUT2D eigenvalue weighted by Gasteiger charge is -2.18. The zero-order valence-corrected chi connectivity index (χ0v) is 40.8. The lowest BCUT2D eigenvalue weighted by Crippen LogP contribution is -2.30. The van der Waals surface area contributed by atoms with E-state index in [1.807, 2.05) is 0 Å². The van der Waals surface area contributed by atoms with Gasteiger partial charge in [0.15, 0.2) is 6.10 Å². The predicted molar refractivity (Wildman–Crippen MR) is 257 cm³/mol. The average molecular weight is 849 g/mol. The molecule has 0 spiro atoms. The van der Waals surface area contributed by atoms with E-state index in [0.29, 0.717) is 19.3 Å². The van der Waals surface area contributed by atoms with Gasteiger partial charge >= 0.3 is 17.9 Å². The zero-order chi connectivity index (χ0) is 43.7. The molecule has 0 aromatic heterocycles. The summed E-state index contributed by atoms with van der Waals surface area (Å²) in [4.78, 5) is 37.9. The summed E-state index contributed by atoms with van der Waals surface area (Å²) in [7, 11) is 0. The normalized spacial score (nSPS) is 11.8. The first-order chi connectivity index (χ1) is 29.5. The van der Waals surface area contributed by atoms with Gasteiger partial charge in [0.1, 0.15) is 13.2 Å². The summed E-state index contributed by atoms with van der Waals surface area (Å²) < 4.78 is 16.8. The number of hydrogen-bond acceptors (Lipinski definition) is 6. The second kappa shape index (κ2) is 50.1. The Morgan fingerprint density at radius 1 is 0.267 bits per heavy atom. The van der Waals surface area contributed by atoms with E-state index in [1.165, 1.54) is 212 Å².